The first-order valence-corrected chi connectivity index (χ1v) is 4.86. The molecule has 1 aliphatic rings. The number of hydrogen-bond acceptors (Lipinski definition) is 4. The van der Waals surface area contributed by atoms with Crippen molar-refractivity contribution in [1.82, 2.24) is 0 Å². The van der Waals surface area contributed by atoms with Gasteiger partial charge in [0.15, 0.2) is 11.5 Å². The van der Waals surface area contributed by atoms with E-state index < -0.39 is 0 Å². The number of halogens is 1. The molecule has 5 heteroatoms. The molecule has 0 aliphatic carbocycles. The molecule has 0 saturated carbocycles. The van der Waals surface area contributed by atoms with Gasteiger partial charge in [-0.2, -0.15) is 4.99 Å². The summed E-state index contributed by atoms with van der Waals surface area (Å²) < 4.78 is 10.8. The quantitative estimate of drug-likeness (QED) is 0.545. The first-order chi connectivity index (χ1) is 7.31. The predicted molar refractivity (Wildman–Crippen MR) is 54.8 cm³/mol. The third-order valence-corrected chi connectivity index (χ3v) is 2.24. The van der Waals surface area contributed by atoms with Crippen LogP contribution in [0.4, 0.5) is 5.69 Å². The Hall–Kier alpha value is -1.51. The molecule has 1 heterocycles. The molecule has 0 amide bonds. The lowest BCUT2D eigenvalue weighted by molar-refractivity contribution is 0.297. The molecule has 0 radical (unpaired) electrons. The molecule has 0 unspecified atom stereocenters. The lowest BCUT2D eigenvalue weighted by atomic mass is 10.3. The van der Waals surface area contributed by atoms with Crippen molar-refractivity contribution in [2.75, 3.05) is 13.2 Å². The van der Waals surface area contributed by atoms with Crippen molar-refractivity contribution in [1.29, 1.82) is 0 Å². The number of carbonyl (C=O) groups excluding carboxylic acids is 1. The molecule has 0 bridgehead atoms. The Balaban J connectivity index is 2.48. The highest BCUT2D eigenvalue weighted by atomic mass is 35.5. The van der Waals surface area contributed by atoms with Crippen LogP contribution in [-0.2, 0) is 4.79 Å². The van der Waals surface area contributed by atoms with E-state index in [1.165, 1.54) is 6.08 Å². The second-order valence-electron chi connectivity index (χ2n) is 3.01. The van der Waals surface area contributed by atoms with E-state index in [4.69, 9.17) is 21.1 Å². The summed E-state index contributed by atoms with van der Waals surface area (Å²) in [4.78, 5) is 13.6. The van der Waals surface area contributed by atoms with E-state index >= 15 is 0 Å². The molecule has 1 aromatic rings. The van der Waals surface area contributed by atoms with Crippen molar-refractivity contribution in [3.63, 3.8) is 0 Å². The number of benzene rings is 1. The zero-order valence-corrected chi connectivity index (χ0v) is 8.58. The van der Waals surface area contributed by atoms with Crippen molar-refractivity contribution < 1.29 is 14.3 Å². The van der Waals surface area contributed by atoms with Crippen molar-refractivity contribution in [3.05, 3.63) is 17.2 Å². The summed E-state index contributed by atoms with van der Waals surface area (Å²) >= 11 is 5.96. The Labute approximate surface area is 91.5 Å². The number of fused-ring (bicyclic) bond motifs is 1. The van der Waals surface area contributed by atoms with E-state index in [1.54, 1.807) is 12.1 Å². The lowest BCUT2D eigenvalue weighted by Gasteiger charge is -2.08. The van der Waals surface area contributed by atoms with Crippen LogP contribution in [0.25, 0.3) is 0 Å². The maximum Gasteiger partial charge on any atom is 0.240 e. The first kappa shape index (κ1) is 10.0. The zero-order valence-electron chi connectivity index (χ0n) is 7.83. The van der Waals surface area contributed by atoms with Gasteiger partial charge in [-0.05, 0) is 6.07 Å². The number of aliphatic imine (C=N–C) groups is 1. The minimum Gasteiger partial charge on any atom is -0.489 e. The fraction of sp³-hybridized carbons (Fsp3) is 0.300. The maximum absolute atomic E-state index is 10.1. The number of isocyanates is 1. The van der Waals surface area contributed by atoms with Crippen molar-refractivity contribution in [2.24, 2.45) is 4.99 Å². The molecular weight excluding hydrogens is 218 g/mol. The Morgan fingerprint density at radius 2 is 2.13 bits per heavy atom. The Bertz CT molecular complexity index is 427. The molecule has 0 aromatic heterocycles. The van der Waals surface area contributed by atoms with E-state index in [-0.39, 0.29) is 0 Å². The smallest absolute Gasteiger partial charge is 0.240 e. The molecule has 1 aromatic carbocycles. The fourth-order valence-corrected chi connectivity index (χ4v) is 1.59. The molecule has 15 heavy (non-hydrogen) atoms. The Kier molecular flexibility index (Phi) is 2.90. The SMILES string of the molecule is O=C=Nc1cc(Cl)c2c(c1)OCCCO2. The van der Waals surface area contributed by atoms with Crippen LogP contribution in [0.3, 0.4) is 0 Å². The normalized spacial score (nSPS) is 13.9. The van der Waals surface area contributed by atoms with Gasteiger partial charge in [0.25, 0.3) is 0 Å². The zero-order chi connectivity index (χ0) is 10.7. The van der Waals surface area contributed by atoms with Crippen LogP contribution < -0.4 is 9.47 Å². The van der Waals surface area contributed by atoms with Crippen LogP contribution in [0, 0.1) is 0 Å². The summed E-state index contributed by atoms with van der Waals surface area (Å²) in [6.07, 6.45) is 2.26. The second-order valence-corrected chi connectivity index (χ2v) is 3.42. The molecule has 0 atom stereocenters. The summed E-state index contributed by atoms with van der Waals surface area (Å²) in [6, 6.07) is 3.15. The van der Waals surface area contributed by atoms with E-state index in [0.29, 0.717) is 35.4 Å². The van der Waals surface area contributed by atoms with E-state index in [0.717, 1.165) is 6.42 Å². The van der Waals surface area contributed by atoms with Gasteiger partial charge in [0.1, 0.15) is 0 Å². The van der Waals surface area contributed by atoms with Gasteiger partial charge in [-0.1, -0.05) is 11.6 Å². The van der Waals surface area contributed by atoms with E-state index in [9.17, 15) is 4.79 Å². The summed E-state index contributed by atoms with van der Waals surface area (Å²) in [5.41, 5.74) is 0.416. The van der Waals surface area contributed by atoms with E-state index in [1.807, 2.05) is 0 Å². The highest BCUT2D eigenvalue weighted by Gasteiger charge is 2.15. The summed E-state index contributed by atoms with van der Waals surface area (Å²) in [7, 11) is 0. The molecule has 0 N–H and O–H groups in total. The predicted octanol–water partition coefficient (Wildman–Crippen LogP) is 2.47. The lowest BCUT2D eigenvalue weighted by Crippen LogP contribution is -1.97. The van der Waals surface area contributed by atoms with Gasteiger partial charge in [-0.15, -0.1) is 0 Å². The Morgan fingerprint density at radius 1 is 1.33 bits per heavy atom. The molecule has 0 saturated heterocycles. The largest absolute Gasteiger partial charge is 0.489 e. The monoisotopic (exact) mass is 225 g/mol. The fourth-order valence-electron chi connectivity index (χ4n) is 1.33. The maximum atomic E-state index is 10.1. The summed E-state index contributed by atoms with van der Waals surface area (Å²) in [5, 5.41) is 0.392. The molecule has 4 nitrogen and oxygen atoms in total. The van der Waals surface area contributed by atoms with Gasteiger partial charge in [0.05, 0.1) is 23.9 Å². The second kappa shape index (κ2) is 4.34. The average Bonchev–Trinajstić information content (AvgIpc) is 2.43. The number of nitrogens with zero attached hydrogens (tertiary/aromatic N) is 1. The third kappa shape index (κ3) is 2.12. The van der Waals surface area contributed by atoms with E-state index in [2.05, 4.69) is 4.99 Å². The average molecular weight is 226 g/mol. The van der Waals surface area contributed by atoms with Crippen LogP contribution in [0.2, 0.25) is 5.02 Å². The van der Waals surface area contributed by atoms with Crippen molar-refractivity contribution in [2.45, 2.75) is 6.42 Å². The summed E-state index contributed by atoms with van der Waals surface area (Å²) in [6.45, 7) is 1.14. The molecule has 0 spiro atoms. The van der Waals surface area contributed by atoms with Crippen LogP contribution in [0.1, 0.15) is 6.42 Å². The van der Waals surface area contributed by atoms with Gasteiger partial charge in [0.2, 0.25) is 6.08 Å². The third-order valence-electron chi connectivity index (χ3n) is 1.96. The number of hydrogen-bond donors (Lipinski definition) is 0. The minimum atomic E-state index is 0.392. The standard InChI is InChI=1S/C10H8ClNO3/c11-8-4-7(12-6-13)5-9-10(8)15-3-1-2-14-9/h4-5H,1-3H2. The highest BCUT2D eigenvalue weighted by molar-refractivity contribution is 6.32. The highest BCUT2D eigenvalue weighted by Crippen LogP contribution is 2.40. The van der Waals surface area contributed by atoms with Gasteiger partial charge in [-0.3, -0.25) is 0 Å². The van der Waals surface area contributed by atoms with Crippen LogP contribution in [-0.4, -0.2) is 19.3 Å². The number of ether oxygens (including phenoxy) is 2. The van der Waals surface area contributed by atoms with Gasteiger partial charge in [-0.25, -0.2) is 4.79 Å². The molecule has 0 fully saturated rings. The minimum absolute atomic E-state index is 0.392. The van der Waals surface area contributed by atoms with Gasteiger partial charge < -0.3 is 9.47 Å². The molecular formula is C10H8ClNO3. The first-order valence-electron chi connectivity index (χ1n) is 4.48. The Morgan fingerprint density at radius 3 is 2.93 bits per heavy atom. The van der Waals surface area contributed by atoms with Crippen LogP contribution in [0.5, 0.6) is 11.5 Å². The topological polar surface area (TPSA) is 47.9 Å². The molecule has 2 rings (SSSR count). The molecule has 78 valence electrons. The van der Waals surface area contributed by atoms with Gasteiger partial charge in [0, 0.05) is 12.5 Å². The summed E-state index contributed by atoms with van der Waals surface area (Å²) in [5.74, 6) is 1.04. The number of rotatable bonds is 1. The van der Waals surface area contributed by atoms with Crippen molar-refractivity contribution in [3.8, 4) is 11.5 Å². The van der Waals surface area contributed by atoms with Crippen LogP contribution in [0.15, 0.2) is 17.1 Å². The van der Waals surface area contributed by atoms with Gasteiger partial charge >= 0.3 is 0 Å². The van der Waals surface area contributed by atoms with Crippen LogP contribution >= 0.6 is 11.6 Å². The molecule has 1 aliphatic heterocycles. The van der Waals surface area contributed by atoms with Crippen molar-refractivity contribution >= 4 is 23.4 Å².